The molecule has 0 radical (unpaired) electrons. The molecule has 0 unspecified atom stereocenters. The number of ether oxygens (including phenoxy) is 1. The van der Waals surface area contributed by atoms with Crippen molar-refractivity contribution >= 4 is 29.0 Å². The molecule has 0 saturated carbocycles. The normalized spacial score (nSPS) is 16.6. The number of hydrogen-bond donors (Lipinski definition) is 3. The monoisotopic (exact) mass is 453 g/mol. The number of unbranched alkanes of at least 4 members (excludes halogenated alkanes) is 1. The predicted molar refractivity (Wildman–Crippen MR) is 131 cm³/mol. The number of carbonyl (C=O) groups excluding carboxylic acids is 1. The number of benzene rings is 1. The zero-order valence-corrected chi connectivity index (χ0v) is 19.5. The highest BCUT2D eigenvalue weighted by molar-refractivity contribution is 5.89. The number of nitrogens with one attached hydrogen (secondary N) is 3. The third-order valence-electron chi connectivity index (χ3n) is 5.94. The minimum absolute atomic E-state index is 0.180. The molecule has 4 rings (SSSR count). The van der Waals surface area contributed by atoms with E-state index < -0.39 is 0 Å². The molecule has 1 aromatic heterocycles. The SMILES string of the molecule is Cc1nc(Nc2cccc(NC(=O)NCCCCN3CCCC3)c2)cc(N2CCOCC2)n1. The highest BCUT2D eigenvalue weighted by Crippen LogP contribution is 2.22. The van der Waals surface area contributed by atoms with E-state index in [2.05, 4.69) is 35.7 Å². The number of rotatable bonds is 9. The molecule has 33 heavy (non-hydrogen) atoms. The molecule has 0 atom stereocenters. The van der Waals surface area contributed by atoms with Crippen LogP contribution in [0.15, 0.2) is 30.3 Å². The van der Waals surface area contributed by atoms with Gasteiger partial charge in [-0.3, -0.25) is 0 Å². The largest absolute Gasteiger partial charge is 0.378 e. The summed E-state index contributed by atoms with van der Waals surface area (Å²) < 4.78 is 5.44. The standard InChI is InChI=1S/C24H35N7O2/c1-19-26-22(18-23(27-19)31-13-15-33-16-14-31)28-20-7-6-8-21(17-20)29-24(32)25-9-2-3-10-30-11-4-5-12-30/h6-8,17-18H,2-5,9-16H2,1H3,(H2,25,29,32)(H,26,27,28). The van der Waals surface area contributed by atoms with Crippen LogP contribution in [0.5, 0.6) is 0 Å². The van der Waals surface area contributed by atoms with Crippen molar-refractivity contribution in [3.05, 3.63) is 36.2 Å². The van der Waals surface area contributed by atoms with Gasteiger partial charge >= 0.3 is 6.03 Å². The summed E-state index contributed by atoms with van der Waals surface area (Å²) in [5.41, 5.74) is 1.58. The lowest BCUT2D eigenvalue weighted by Crippen LogP contribution is -2.36. The lowest BCUT2D eigenvalue weighted by atomic mass is 10.2. The first-order valence-corrected chi connectivity index (χ1v) is 12.0. The number of urea groups is 1. The Kier molecular flexibility index (Phi) is 8.32. The van der Waals surface area contributed by atoms with Crippen molar-refractivity contribution in [2.75, 3.05) is 68.0 Å². The molecule has 178 valence electrons. The van der Waals surface area contributed by atoms with Crippen LogP contribution in [0.4, 0.5) is 27.8 Å². The molecule has 0 bridgehead atoms. The zero-order chi connectivity index (χ0) is 22.9. The van der Waals surface area contributed by atoms with Gasteiger partial charge in [0, 0.05) is 37.1 Å². The Labute approximate surface area is 195 Å². The highest BCUT2D eigenvalue weighted by Gasteiger charge is 2.14. The van der Waals surface area contributed by atoms with E-state index in [0.29, 0.717) is 25.6 Å². The molecule has 9 heteroatoms. The van der Waals surface area contributed by atoms with E-state index in [9.17, 15) is 4.79 Å². The number of aromatic nitrogens is 2. The molecule has 2 amide bonds. The molecule has 2 fully saturated rings. The minimum atomic E-state index is -0.180. The van der Waals surface area contributed by atoms with Gasteiger partial charge in [0.15, 0.2) is 0 Å². The van der Waals surface area contributed by atoms with Gasteiger partial charge in [0.05, 0.1) is 13.2 Å². The second-order valence-electron chi connectivity index (χ2n) is 8.60. The molecule has 1 aromatic carbocycles. The smallest absolute Gasteiger partial charge is 0.319 e. The second kappa shape index (κ2) is 11.8. The lowest BCUT2D eigenvalue weighted by molar-refractivity contribution is 0.122. The fourth-order valence-corrected chi connectivity index (χ4v) is 4.24. The van der Waals surface area contributed by atoms with Crippen LogP contribution in [-0.4, -0.2) is 73.4 Å². The number of anilines is 4. The fourth-order valence-electron chi connectivity index (χ4n) is 4.24. The minimum Gasteiger partial charge on any atom is -0.378 e. The number of carbonyl (C=O) groups is 1. The maximum absolute atomic E-state index is 12.3. The molecule has 2 saturated heterocycles. The van der Waals surface area contributed by atoms with Crippen LogP contribution in [0.1, 0.15) is 31.5 Å². The van der Waals surface area contributed by atoms with E-state index in [1.807, 2.05) is 37.3 Å². The first kappa shape index (κ1) is 23.3. The lowest BCUT2D eigenvalue weighted by Gasteiger charge is -2.28. The summed E-state index contributed by atoms with van der Waals surface area (Å²) in [7, 11) is 0. The number of morpholine rings is 1. The van der Waals surface area contributed by atoms with Gasteiger partial charge in [-0.05, 0) is 70.4 Å². The van der Waals surface area contributed by atoms with Gasteiger partial charge in [-0.2, -0.15) is 0 Å². The Morgan fingerprint density at radius 2 is 1.82 bits per heavy atom. The number of amides is 2. The maximum Gasteiger partial charge on any atom is 0.319 e. The van der Waals surface area contributed by atoms with Crippen molar-refractivity contribution in [2.45, 2.75) is 32.6 Å². The Bertz CT molecular complexity index is 911. The quantitative estimate of drug-likeness (QED) is 0.501. The topological polar surface area (TPSA) is 94.6 Å². The number of aryl methyl sites for hydroxylation is 1. The second-order valence-corrected chi connectivity index (χ2v) is 8.60. The molecule has 3 heterocycles. The summed E-state index contributed by atoms with van der Waals surface area (Å²) in [5.74, 6) is 2.33. The van der Waals surface area contributed by atoms with Crippen LogP contribution in [0.2, 0.25) is 0 Å². The molecular formula is C24H35N7O2. The van der Waals surface area contributed by atoms with Crippen molar-refractivity contribution in [3.8, 4) is 0 Å². The van der Waals surface area contributed by atoms with E-state index in [-0.39, 0.29) is 6.03 Å². The molecule has 0 aliphatic carbocycles. The summed E-state index contributed by atoms with van der Waals surface area (Å²) in [6, 6.07) is 9.41. The van der Waals surface area contributed by atoms with Crippen molar-refractivity contribution in [3.63, 3.8) is 0 Å². The van der Waals surface area contributed by atoms with Crippen LogP contribution in [0.25, 0.3) is 0 Å². The number of nitrogens with zero attached hydrogens (tertiary/aromatic N) is 4. The van der Waals surface area contributed by atoms with E-state index in [4.69, 9.17) is 4.74 Å². The highest BCUT2D eigenvalue weighted by atomic mass is 16.5. The molecular weight excluding hydrogens is 418 g/mol. The van der Waals surface area contributed by atoms with E-state index in [1.54, 1.807) is 0 Å². The maximum atomic E-state index is 12.3. The number of hydrogen-bond acceptors (Lipinski definition) is 7. The molecule has 9 nitrogen and oxygen atoms in total. The van der Waals surface area contributed by atoms with Crippen LogP contribution < -0.4 is 20.9 Å². The summed E-state index contributed by atoms with van der Waals surface area (Å²) in [4.78, 5) is 26.1. The van der Waals surface area contributed by atoms with Gasteiger partial charge in [-0.15, -0.1) is 0 Å². The van der Waals surface area contributed by atoms with Crippen molar-refractivity contribution in [1.29, 1.82) is 0 Å². The van der Waals surface area contributed by atoms with Gasteiger partial charge in [-0.1, -0.05) is 6.07 Å². The Hall–Kier alpha value is -2.91. The summed E-state index contributed by atoms with van der Waals surface area (Å²) >= 11 is 0. The van der Waals surface area contributed by atoms with Crippen LogP contribution >= 0.6 is 0 Å². The van der Waals surface area contributed by atoms with Crippen molar-refractivity contribution in [2.24, 2.45) is 0 Å². The summed E-state index contributed by atoms with van der Waals surface area (Å²) in [6.07, 6.45) is 4.75. The average Bonchev–Trinajstić information content (AvgIpc) is 3.33. The average molecular weight is 454 g/mol. The number of likely N-dealkylation sites (tertiary alicyclic amines) is 1. The van der Waals surface area contributed by atoms with Gasteiger partial charge in [0.25, 0.3) is 0 Å². The zero-order valence-electron chi connectivity index (χ0n) is 19.5. The Morgan fingerprint density at radius 1 is 1.03 bits per heavy atom. The first-order chi connectivity index (χ1) is 16.2. The predicted octanol–water partition coefficient (Wildman–Crippen LogP) is 3.36. The summed E-state index contributed by atoms with van der Waals surface area (Å²) in [5, 5.41) is 9.21. The van der Waals surface area contributed by atoms with Crippen LogP contribution in [0.3, 0.4) is 0 Å². The molecule has 2 aliphatic heterocycles. The fraction of sp³-hybridized carbons (Fsp3) is 0.542. The third-order valence-corrected chi connectivity index (χ3v) is 5.94. The molecule has 0 spiro atoms. The van der Waals surface area contributed by atoms with E-state index in [0.717, 1.165) is 55.5 Å². The Morgan fingerprint density at radius 3 is 2.64 bits per heavy atom. The van der Waals surface area contributed by atoms with Gasteiger partial charge in [0.1, 0.15) is 17.5 Å². The van der Waals surface area contributed by atoms with Gasteiger partial charge in [-0.25, -0.2) is 14.8 Å². The van der Waals surface area contributed by atoms with Crippen molar-refractivity contribution in [1.82, 2.24) is 20.2 Å². The first-order valence-electron chi connectivity index (χ1n) is 12.0. The van der Waals surface area contributed by atoms with Crippen LogP contribution in [0, 0.1) is 6.92 Å². The van der Waals surface area contributed by atoms with Crippen molar-refractivity contribution < 1.29 is 9.53 Å². The molecule has 3 N–H and O–H groups in total. The van der Waals surface area contributed by atoms with E-state index >= 15 is 0 Å². The molecule has 2 aromatic rings. The van der Waals surface area contributed by atoms with E-state index in [1.165, 1.54) is 25.9 Å². The summed E-state index contributed by atoms with van der Waals surface area (Å²) in [6.45, 7) is 9.21. The molecule has 2 aliphatic rings. The van der Waals surface area contributed by atoms with Gasteiger partial charge in [0.2, 0.25) is 0 Å². The third kappa shape index (κ3) is 7.30. The van der Waals surface area contributed by atoms with Crippen LogP contribution in [-0.2, 0) is 4.74 Å². The Balaban J connectivity index is 1.26. The van der Waals surface area contributed by atoms with Gasteiger partial charge < -0.3 is 30.5 Å².